The molecule has 6 nitrogen and oxygen atoms in total. The van der Waals surface area contributed by atoms with E-state index < -0.39 is 6.10 Å². The Hall–Kier alpha value is -4.45. The van der Waals surface area contributed by atoms with Crippen molar-refractivity contribution in [1.82, 2.24) is 0 Å². The predicted octanol–water partition coefficient (Wildman–Crippen LogP) is 18.3. The molecule has 0 saturated carbocycles. The van der Waals surface area contributed by atoms with Gasteiger partial charge in [0.25, 0.3) is 0 Å². The number of unbranched alkanes of at least 4 members (excludes halogenated alkanes) is 19. The van der Waals surface area contributed by atoms with E-state index in [1.165, 1.54) is 51.4 Å². The van der Waals surface area contributed by atoms with Gasteiger partial charge in [0.15, 0.2) is 6.10 Å². The smallest absolute Gasteiger partial charge is 0.306 e. The summed E-state index contributed by atoms with van der Waals surface area (Å²) in [6, 6.07) is 0. The predicted molar refractivity (Wildman–Crippen MR) is 292 cm³/mol. The second-order valence-electron chi connectivity index (χ2n) is 17.5. The molecule has 0 N–H and O–H groups in total. The van der Waals surface area contributed by atoms with Gasteiger partial charge in [-0.05, 0) is 103 Å². The number of ether oxygens (including phenoxy) is 3. The Labute approximate surface area is 417 Å². The molecule has 0 bridgehead atoms. The van der Waals surface area contributed by atoms with Gasteiger partial charge in [-0.15, -0.1) is 0 Å². The highest BCUT2D eigenvalue weighted by molar-refractivity contribution is 5.71. The van der Waals surface area contributed by atoms with E-state index in [0.717, 1.165) is 122 Å². The number of carbonyl (C=O) groups is 3. The van der Waals surface area contributed by atoms with Crippen LogP contribution in [0.5, 0.6) is 0 Å². The molecule has 0 heterocycles. The van der Waals surface area contributed by atoms with Crippen LogP contribution in [0, 0.1) is 0 Å². The molecule has 68 heavy (non-hydrogen) atoms. The SMILES string of the molecule is CC/C=C\C/C=C\C/C=C\C/C=C\CCCCCC(=O)OC(COC(=O)CCCCC/C=C\C=C/CCCCCCCCC)COC(=O)CCCCCCC\C=C/C=C\C=C/C=C\C=C/CCC. The molecule has 0 aliphatic carbocycles. The molecule has 0 aliphatic heterocycles. The van der Waals surface area contributed by atoms with Crippen LogP contribution in [0.4, 0.5) is 0 Å². The molecular weight excluding hydrogens is 841 g/mol. The van der Waals surface area contributed by atoms with Crippen LogP contribution in [0.3, 0.4) is 0 Å². The molecule has 0 amide bonds. The number of rotatable bonds is 47. The Bertz CT molecular complexity index is 1500. The van der Waals surface area contributed by atoms with Crippen LogP contribution >= 0.6 is 0 Å². The fraction of sp³-hybridized carbons (Fsp3) is 0.597. The van der Waals surface area contributed by atoms with Crippen LogP contribution < -0.4 is 0 Å². The molecule has 0 aliphatic rings. The van der Waals surface area contributed by atoms with E-state index in [-0.39, 0.29) is 37.5 Å². The van der Waals surface area contributed by atoms with Crippen LogP contribution in [-0.4, -0.2) is 37.2 Å². The number of hydrogen-bond donors (Lipinski definition) is 0. The lowest BCUT2D eigenvalue weighted by Gasteiger charge is -2.18. The normalized spacial score (nSPS) is 13.2. The van der Waals surface area contributed by atoms with E-state index in [9.17, 15) is 14.4 Å². The summed E-state index contributed by atoms with van der Waals surface area (Å²) >= 11 is 0. The van der Waals surface area contributed by atoms with Crippen molar-refractivity contribution in [1.29, 1.82) is 0 Å². The maximum absolute atomic E-state index is 12.8. The summed E-state index contributed by atoms with van der Waals surface area (Å²) in [6.07, 6.45) is 77.1. The highest BCUT2D eigenvalue weighted by Crippen LogP contribution is 2.12. The van der Waals surface area contributed by atoms with Gasteiger partial charge in [0.05, 0.1) is 0 Å². The molecule has 0 aromatic carbocycles. The number of carbonyl (C=O) groups excluding carboxylic acids is 3. The molecule has 0 fully saturated rings. The largest absolute Gasteiger partial charge is 0.462 e. The molecule has 0 saturated heterocycles. The highest BCUT2D eigenvalue weighted by atomic mass is 16.6. The van der Waals surface area contributed by atoms with Gasteiger partial charge in [-0.2, -0.15) is 0 Å². The molecule has 6 heteroatoms. The molecule has 0 radical (unpaired) electrons. The van der Waals surface area contributed by atoms with Crippen molar-refractivity contribution < 1.29 is 28.6 Å². The zero-order valence-electron chi connectivity index (χ0n) is 43.6. The third-order valence-electron chi connectivity index (χ3n) is 11.0. The molecule has 0 rings (SSSR count). The average Bonchev–Trinajstić information content (AvgIpc) is 3.34. The van der Waals surface area contributed by atoms with Crippen molar-refractivity contribution in [2.45, 2.75) is 226 Å². The first-order valence-corrected chi connectivity index (χ1v) is 27.3. The van der Waals surface area contributed by atoms with E-state index in [4.69, 9.17) is 14.2 Å². The van der Waals surface area contributed by atoms with E-state index in [2.05, 4.69) is 118 Å². The van der Waals surface area contributed by atoms with Gasteiger partial charge in [0.1, 0.15) is 13.2 Å². The molecule has 0 spiro atoms. The third kappa shape index (κ3) is 52.5. The Balaban J connectivity index is 4.57. The summed E-state index contributed by atoms with van der Waals surface area (Å²) in [4.78, 5) is 38.1. The van der Waals surface area contributed by atoms with Crippen molar-refractivity contribution in [3.05, 3.63) is 134 Å². The van der Waals surface area contributed by atoms with Crippen molar-refractivity contribution in [3.8, 4) is 0 Å². The second-order valence-corrected chi connectivity index (χ2v) is 17.5. The Morgan fingerprint density at radius 1 is 0.324 bits per heavy atom. The van der Waals surface area contributed by atoms with Gasteiger partial charge >= 0.3 is 17.9 Å². The first-order chi connectivity index (χ1) is 33.5. The van der Waals surface area contributed by atoms with Gasteiger partial charge in [0.2, 0.25) is 0 Å². The van der Waals surface area contributed by atoms with Gasteiger partial charge in [-0.1, -0.05) is 231 Å². The first-order valence-electron chi connectivity index (χ1n) is 27.3. The Morgan fingerprint density at radius 3 is 1.12 bits per heavy atom. The molecule has 1 unspecified atom stereocenters. The maximum atomic E-state index is 12.8. The standard InChI is InChI=1S/C62H98O6/c1-4-7-10-13-16-19-22-25-28-31-32-35-37-40-43-46-49-52-55-61(64)67-58-59(68-62(65)56-53-50-47-44-41-38-34-30-27-24-21-18-15-12-9-6-3)57-66-60(63)54-51-48-45-42-39-36-33-29-26-23-20-17-14-11-8-5-2/h9-10,12-13,16,18-19,21-22,25,27-33,35-36,38-39,41,59H,4-8,11,14-15,17,20,23-24,26,34,37,40,42-58H2,1-3H3/b12-9-,13-10-,19-16-,21-18-,25-22-,30-27-,31-28-,33-29-,35-32-,39-36-,41-38-. The number of esters is 3. The van der Waals surface area contributed by atoms with Gasteiger partial charge in [-0.3, -0.25) is 14.4 Å². The lowest BCUT2D eigenvalue weighted by molar-refractivity contribution is -0.167. The number of hydrogen-bond acceptors (Lipinski definition) is 6. The van der Waals surface area contributed by atoms with Crippen LogP contribution in [-0.2, 0) is 28.6 Å². The van der Waals surface area contributed by atoms with Gasteiger partial charge in [-0.25, -0.2) is 0 Å². The minimum atomic E-state index is -0.822. The monoisotopic (exact) mass is 939 g/mol. The lowest BCUT2D eigenvalue weighted by atomic mass is 10.1. The number of allylic oxidation sites excluding steroid dienone is 22. The zero-order valence-corrected chi connectivity index (χ0v) is 43.6. The van der Waals surface area contributed by atoms with E-state index in [1.54, 1.807) is 0 Å². The van der Waals surface area contributed by atoms with E-state index in [0.29, 0.717) is 19.3 Å². The molecule has 1 atom stereocenters. The molecule has 382 valence electrons. The highest BCUT2D eigenvalue weighted by Gasteiger charge is 2.19. The van der Waals surface area contributed by atoms with E-state index >= 15 is 0 Å². The zero-order chi connectivity index (χ0) is 49.3. The van der Waals surface area contributed by atoms with Crippen molar-refractivity contribution in [2.24, 2.45) is 0 Å². The van der Waals surface area contributed by atoms with Gasteiger partial charge in [0, 0.05) is 19.3 Å². The maximum Gasteiger partial charge on any atom is 0.306 e. The minimum Gasteiger partial charge on any atom is -0.462 e. The molecular formula is C62H98O6. The fourth-order valence-corrected chi connectivity index (χ4v) is 6.92. The van der Waals surface area contributed by atoms with Gasteiger partial charge < -0.3 is 14.2 Å². The van der Waals surface area contributed by atoms with Crippen molar-refractivity contribution >= 4 is 17.9 Å². The topological polar surface area (TPSA) is 78.9 Å². The molecule has 0 aromatic rings. The average molecular weight is 939 g/mol. The van der Waals surface area contributed by atoms with Crippen LogP contribution in [0.25, 0.3) is 0 Å². The molecule has 0 aromatic heterocycles. The summed E-state index contributed by atoms with van der Waals surface area (Å²) in [5, 5.41) is 0. The Kier molecular flexibility index (Phi) is 51.5. The van der Waals surface area contributed by atoms with Crippen LogP contribution in [0.15, 0.2) is 134 Å². The van der Waals surface area contributed by atoms with E-state index in [1.807, 2.05) is 36.5 Å². The van der Waals surface area contributed by atoms with Crippen molar-refractivity contribution in [2.75, 3.05) is 13.2 Å². The second kappa shape index (κ2) is 55.1. The van der Waals surface area contributed by atoms with Crippen LogP contribution in [0.1, 0.15) is 220 Å². The lowest BCUT2D eigenvalue weighted by Crippen LogP contribution is -2.30. The fourth-order valence-electron chi connectivity index (χ4n) is 6.92. The summed E-state index contributed by atoms with van der Waals surface area (Å²) in [6.45, 7) is 6.34. The quantitative estimate of drug-likeness (QED) is 0.0199. The summed E-state index contributed by atoms with van der Waals surface area (Å²) in [7, 11) is 0. The first kappa shape index (κ1) is 63.5. The summed E-state index contributed by atoms with van der Waals surface area (Å²) < 4.78 is 16.8. The summed E-state index contributed by atoms with van der Waals surface area (Å²) in [5.74, 6) is -1.01. The minimum absolute atomic E-state index is 0.118. The Morgan fingerprint density at radius 2 is 0.662 bits per heavy atom. The van der Waals surface area contributed by atoms with Crippen molar-refractivity contribution in [3.63, 3.8) is 0 Å². The van der Waals surface area contributed by atoms with Crippen LogP contribution in [0.2, 0.25) is 0 Å². The third-order valence-corrected chi connectivity index (χ3v) is 11.0. The summed E-state index contributed by atoms with van der Waals surface area (Å²) in [5.41, 5.74) is 0.